The van der Waals surface area contributed by atoms with Crippen LogP contribution in [0.2, 0.25) is 5.02 Å². The fourth-order valence-corrected chi connectivity index (χ4v) is 4.81. The van der Waals surface area contributed by atoms with Crippen LogP contribution in [0.3, 0.4) is 0 Å². The number of amides is 2. The number of carboxylic acids is 1. The van der Waals surface area contributed by atoms with E-state index < -0.39 is 23.7 Å². The lowest BCUT2D eigenvalue weighted by atomic mass is 10.1. The molecule has 188 valence electrons. The van der Waals surface area contributed by atoms with Crippen LogP contribution in [-0.4, -0.2) is 55.2 Å². The number of halogens is 2. The zero-order chi connectivity index (χ0) is 26.1. The molecule has 2 aromatic heterocycles. The Labute approximate surface area is 210 Å². The minimum absolute atomic E-state index is 0.00856. The van der Waals surface area contributed by atoms with E-state index in [2.05, 4.69) is 4.98 Å². The number of pyridine rings is 1. The van der Waals surface area contributed by atoms with E-state index in [1.807, 2.05) is 0 Å². The molecule has 0 unspecified atom stereocenters. The lowest BCUT2D eigenvalue weighted by Gasteiger charge is -2.24. The molecule has 1 aromatic carbocycles. The molecule has 36 heavy (non-hydrogen) atoms. The van der Waals surface area contributed by atoms with Gasteiger partial charge < -0.3 is 20.3 Å². The molecule has 0 radical (unpaired) electrons. The summed E-state index contributed by atoms with van der Waals surface area (Å²) in [6, 6.07) is 5.20. The van der Waals surface area contributed by atoms with Crippen molar-refractivity contribution in [3.05, 3.63) is 64.8 Å². The van der Waals surface area contributed by atoms with E-state index in [0.717, 1.165) is 11.8 Å². The summed E-state index contributed by atoms with van der Waals surface area (Å²) < 4.78 is 14.5. The summed E-state index contributed by atoms with van der Waals surface area (Å²) in [4.78, 5) is 52.5. The Morgan fingerprint density at radius 2 is 1.94 bits per heavy atom. The number of nitrogens with zero attached hydrogens (tertiary/aromatic N) is 3. The van der Waals surface area contributed by atoms with Gasteiger partial charge in [0, 0.05) is 35.8 Å². The normalized spacial score (nSPS) is 19.9. The number of aromatic nitrogens is 2. The number of fused-ring (bicyclic) bond motifs is 2. The van der Waals surface area contributed by atoms with Crippen LogP contribution >= 0.6 is 11.6 Å². The number of Topliss-reactive ketones (excluding diaryl/α,β-unsaturated/α-hetero) is 1. The van der Waals surface area contributed by atoms with Gasteiger partial charge in [0.05, 0.1) is 22.3 Å². The van der Waals surface area contributed by atoms with Gasteiger partial charge in [-0.2, -0.15) is 0 Å². The van der Waals surface area contributed by atoms with Crippen LogP contribution < -0.4 is 5.73 Å². The van der Waals surface area contributed by atoms with Crippen molar-refractivity contribution in [2.24, 2.45) is 11.7 Å². The standard InChI is InChI=1S/C18H19N3O4.C7H5ClFNO/c1-2-16(22)12-8-20(15-7-19-4-3-11(12)15)9-17(23)21-13-5-10(13)6-14(21)18(24)25;8-5-3-1-2-4(6(5)9)7(10)11/h3-4,7-8,10,13-14H,2,5-6,9H2,1H3,(H,24,25);1-3H,(H2,10,11)/t10-,13-,14+;/m1./s1. The lowest BCUT2D eigenvalue weighted by molar-refractivity contribution is -0.149. The molecule has 2 amide bonds. The number of benzene rings is 1. The predicted molar refractivity (Wildman–Crippen MR) is 129 cm³/mol. The monoisotopic (exact) mass is 514 g/mol. The Balaban J connectivity index is 0.000000233. The fourth-order valence-electron chi connectivity index (χ4n) is 4.64. The first-order chi connectivity index (χ1) is 17.1. The molecule has 2 fully saturated rings. The third-order valence-corrected chi connectivity index (χ3v) is 6.80. The van der Waals surface area contributed by atoms with Gasteiger partial charge in [-0.1, -0.05) is 24.6 Å². The van der Waals surface area contributed by atoms with Crippen LogP contribution in [0.15, 0.2) is 42.9 Å². The number of likely N-dealkylation sites (tertiary alicyclic amines) is 1. The highest BCUT2D eigenvalue weighted by atomic mass is 35.5. The summed E-state index contributed by atoms with van der Waals surface area (Å²) in [6.45, 7) is 1.82. The van der Waals surface area contributed by atoms with Crippen molar-refractivity contribution in [1.82, 2.24) is 14.5 Å². The number of primary amides is 1. The van der Waals surface area contributed by atoms with E-state index in [4.69, 9.17) is 17.3 Å². The van der Waals surface area contributed by atoms with Crippen molar-refractivity contribution < 1.29 is 28.7 Å². The van der Waals surface area contributed by atoms with E-state index in [0.29, 0.717) is 29.8 Å². The molecule has 0 bridgehead atoms. The highest BCUT2D eigenvalue weighted by Crippen LogP contribution is 2.48. The maximum absolute atomic E-state index is 12.8. The SMILES string of the molecule is CCC(=O)c1cn(CC(=O)N2[C@@H]3C[C@@H]3C[C@H]2C(=O)O)c2cnccc12.NC(=O)c1cccc(Cl)c1F. The fraction of sp³-hybridized carbons (Fsp3) is 0.320. The second-order valence-electron chi connectivity index (χ2n) is 8.76. The summed E-state index contributed by atoms with van der Waals surface area (Å²) in [6.07, 6.45) is 6.76. The van der Waals surface area contributed by atoms with Gasteiger partial charge in [0.2, 0.25) is 5.91 Å². The highest BCUT2D eigenvalue weighted by molar-refractivity contribution is 6.31. The number of nitrogens with two attached hydrogens (primary N) is 1. The molecule has 1 saturated heterocycles. The quantitative estimate of drug-likeness (QED) is 0.484. The Morgan fingerprint density at radius 3 is 2.58 bits per heavy atom. The molecule has 3 heterocycles. The molecule has 9 nitrogen and oxygen atoms in total. The van der Waals surface area contributed by atoms with Crippen LogP contribution in [0.4, 0.5) is 4.39 Å². The molecule has 0 spiro atoms. The summed E-state index contributed by atoms with van der Waals surface area (Å²) >= 11 is 5.38. The van der Waals surface area contributed by atoms with Gasteiger partial charge in [-0.3, -0.25) is 19.4 Å². The van der Waals surface area contributed by atoms with Crippen molar-refractivity contribution >= 4 is 46.1 Å². The molecule has 3 aromatic rings. The molecule has 3 atom stereocenters. The van der Waals surface area contributed by atoms with Crippen LogP contribution in [0.5, 0.6) is 0 Å². The smallest absolute Gasteiger partial charge is 0.326 e. The maximum Gasteiger partial charge on any atom is 0.326 e. The van der Waals surface area contributed by atoms with Crippen molar-refractivity contribution in [3.8, 4) is 0 Å². The van der Waals surface area contributed by atoms with Crippen molar-refractivity contribution in [3.63, 3.8) is 0 Å². The molecular formula is C25H24ClFN4O5. The molecule has 1 aliphatic carbocycles. The number of rotatable bonds is 6. The number of hydrogen-bond donors (Lipinski definition) is 2. The summed E-state index contributed by atoms with van der Waals surface area (Å²) in [5.74, 6) is -2.40. The minimum Gasteiger partial charge on any atom is -0.480 e. The van der Waals surface area contributed by atoms with E-state index >= 15 is 0 Å². The average Bonchev–Trinajstić information content (AvgIpc) is 3.36. The molecule has 3 N–H and O–H groups in total. The van der Waals surface area contributed by atoms with E-state index in [1.165, 1.54) is 23.1 Å². The van der Waals surface area contributed by atoms with E-state index in [9.17, 15) is 28.7 Å². The van der Waals surface area contributed by atoms with E-state index in [-0.39, 0.29) is 34.9 Å². The molecule has 2 aliphatic rings. The number of carboxylic acid groups (broad SMARTS) is 1. The van der Waals surface area contributed by atoms with Crippen molar-refractivity contribution in [2.45, 2.75) is 44.8 Å². The third-order valence-electron chi connectivity index (χ3n) is 6.51. The van der Waals surface area contributed by atoms with Gasteiger partial charge in [-0.05, 0) is 37.0 Å². The van der Waals surface area contributed by atoms with Crippen LogP contribution in [0.1, 0.15) is 46.9 Å². The molecule has 5 rings (SSSR count). The second-order valence-corrected chi connectivity index (χ2v) is 9.17. The lowest BCUT2D eigenvalue weighted by Crippen LogP contribution is -2.44. The number of piperidine rings is 1. The van der Waals surface area contributed by atoms with Gasteiger partial charge in [-0.25, -0.2) is 9.18 Å². The van der Waals surface area contributed by atoms with Gasteiger partial charge >= 0.3 is 5.97 Å². The largest absolute Gasteiger partial charge is 0.480 e. The zero-order valence-corrected chi connectivity index (χ0v) is 20.1. The summed E-state index contributed by atoms with van der Waals surface area (Å²) in [5, 5.41) is 10.0. The topological polar surface area (TPSA) is 136 Å². The molecule has 11 heteroatoms. The molecular weight excluding hydrogens is 491 g/mol. The van der Waals surface area contributed by atoms with Crippen molar-refractivity contribution in [2.75, 3.05) is 0 Å². The Morgan fingerprint density at radius 1 is 1.19 bits per heavy atom. The van der Waals surface area contributed by atoms with Gasteiger partial charge in [0.1, 0.15) is 12.6 Å². The number of aliphatic carboxylic acids is 1. The number of carbonyl (C=O) groups is 4. The van der Waals surface area contributed by atoms with Crippen LogP contribution in [-0.2, 0) is 16.1 Å². The summed E-state index contributed by atoms with van der Waals surface area (Å²) in [7, 11) is 0. The number of hydrogen-bond acceptors (Lipinski definition) is 5. The number of ketones is 1. The summed E-state index contributed by atoms with van der Waals surface area (Å²) in [5.41, 5.74) is 5.95. The van der Waals surface area contributed by atoms with Gasteiger partial charge in [0.15, 0.2) is 11.6 Å². The zero-order valence-electron chi connectivity index (χ0n) is 19.4. The highest BCUT2D eigenvalue weighted by Gasteiger charge is 2.56. The molecule has 1 aliphatic heterocycles. The van der Waals surface area contributed by atoms with Crippen LogP contribution in [0, 0.1) is 11.7 Å². The molecule has 1 saturated carbocycles. The Bertz CT molecular complexity index is 1370. The Hall–Kier alpha value is -3.79. The number of carbonyl (C=O) groups excluding carboxylic acids is 3. The second kappa shape index (κ2) is 10.1. The van der Waals surface area contributed by atoms with Gasteiger partial charge in [-0.15, -0.1) is 0 Å². The first-order valence-electron chi connectivity index (χ1n) is 11.4. The Kier molecular flexibility index (Phi) is 7.07. The first kappa shape index (κ1) is 25.3. The van der Waals surface area contributed by atoms with E-state index in [1.54, 1.807) is 36.1 Å². The predicted octanol–water partition coefficient (Wildman–Crippen LogP) is 3.28. The average molecular weight is 515 g/mol. The van der Waals surface area contributed by atoms with Gasteiger partial charge in [0.25, 0.3) is 5.91 Å². The first-order valence-corrected chi connectivity index (χ1v) is 11.8. The third kappa shape index (κ3) is 4.81. The van der Waals surface area contributed by atoms with Crippen molar-refractivity contribution in [1.29, 1.82) is 0 Å². The minimum atomic E-state index is -0.943. The maximum atomic E-state index is 12.8. The van der Waals surface area contributed by atoms with Crippen LogP contribution in [0.25, 0.3) is 10.9 Å².